The highest BCUT2D eigenvalue weighted by molar-refractivity contribution is 7.89. The number of hydrogen-bond acceptors (Lipinski definition) is 4. The predicted molar refractivity (Wildman–Crippen MR) is 101 cm³/mol. The summed E-state index contributed by atoms with van der Waals surface area (Å²) in [6, 6.07) is 6.20. The van der Waals surface area contributed by atoms with Crippen LogP contribution in [0.5, 0.6) is 0 Å². The van der Waals surface area contributed by atoms with Crippen molar-refractivity contribution in [2.24, 2.45) is 5.41 Å². The second-order valence-corrected chi connectivity index (χ2v) is 9.85. The lowest BCUT2D eigenvalue weighted by Crippen LogP contribution is -2.50. The maximum absolute atomic E-state index is 13.0. The van der Waals surface area contributed by atoms with Crippen LogP contribution in [0.2, 0.25) is 0 Å². The maximum Gasteiger partial charge on any atom is 0.220 e. The fourth-order valence-corrected chi connectivity index (χ4v) is 4.21. The van der Waals surface area contributed by atoms with E-state index in [1.807, 2.05) is 25.7 Å². The molecule has 0 saturated carbocycles. The van der Waals surface area contributed by atoms with Gasteiger partial charge in [0.25, 0.3) is 0 Å². The molecule has 1 N–H and O–H groups in total. The first-order chi connectivity index (χ1) is 12.1. The number of amides is 1. The number of nitrogens with one attached hydrogen (secondary N) is 1. The quantitative estimate of drug-likeness (QED) is 0.811. The summed E-state index contributed by atoms with van der Waals surface area (Å²) in [5.41, 5.74) is 0.762. The van der Waals surface area contributed by atoms with Crippen molar-refractivity contribution in [1.82, 2.24) is 9.62 Å². The van der Waals surface area contributed by atoms with Crippen LogP contribution in [-0.2, 0) is 14.8 Å². The van der Waals surface area contributed by atoms with E-state index < -0.39 is 10.0 Å². The van der Waals surface area contributed by atoms with Gasteiger partial charge in [-0.2, -0.15) is 4.31 Å². The van der Waals surface area contributed by atoms with E-state index in [4.69, 9.17) is 0 Å². The van der Waals surface area contributed by atoms with Crippen molar-refractivity contribution < 1.29 is 17.6 Å². The third-order valence-corrected chi connectivity index (χ3v) is 6.07. The standard InChI is InChI=1S/C18H28FN3O3S/c1-18(2,3)14-17(23)20-8-13-26(24,25)22-11-9-21(10-12-22)16-6-4-15(19)5-7-16/h4-7H,8-14H2,1-3H3,(H,20,23). The Labute approximate surface area is 155 Å². The van der Waals surface area contributed by atoms with Gasteiger partial charge in [0.15, 0.2) is 0 Å². The monoisotopic (exact) mass is 385 g/mol. The van der Waals surface area contributed by atoms with Gasteiger partial charge >= 0.3 is 0 Å². The molecule has 1 aliphatic rings. The SMILES string of the molecule is CC(C)(C)CC(=O)NCCS(=O)(=O)N1CCN(c2ccc(F)cc2)CC1. The zero-order valence-corrected chi connectivity index (χ0v) is 16.5. The Morgan fingerprint density at radius 3 is 2.23 bits per heavy atom. The van der Waals surface area contributed by atoms with Crippen molar-refractivity contribution in [3.05, 3.63) is 30.1 Å². The number of piperazine rings is 1. The lowest BCUT2D eigenvalue weighted by Gasteiger charge is -2.35. The van der Waals surface area contributed by atoms with E-state index in [9.17, 15) is 17.6 Å². The Kier molecular flexibility index (Phi) is 6.63. The Balaban J connectivity index is 1.80. The van der Waals surface area contributed by atoms with Crippen molar-refractivity contribution in [3.63, 3.8) is 0 Å². The van der Waals surface area contributed by atoms with Crippen molar-refractivity contribution in [2.75, 3.05) is 43.4 Å². The van der Waals surface area contributed by atoms with Crippen molar-refractivity contribution >= 4 is 21.6 Å². The van der Waals surface area contributed by atoms with Gasteiger partial charge in [0.1, 0.15) is 5.82 Å². The van der Waals surface area contributed by atoms with Crippen LogP contribution >= 0.6 is 0 Å². The molecule has 0 radical (unpaired) electrons. The lowest BCUT2D eigenvalue weighted by atomic mass is 9.92. The number of halogens is 1. The highest BCUT2D eigenvalue weighted by atomic mass is 32.2. The van der Waals surface area contributed by atoms with E-state index in [1.54, 1.807) is 12.1 Å². The van der Waals surface area contributed by atoms with Gasteiger partial charge in [0.2, 0.25) is 15.9 Å². The average Bonchev–Trinajstić information content (AvgIpc) is 2.54. The normalized spacial score (nSPS) is 16.5. The largest absolute Gasteiger partial charge is 0.369 e. The van der Waals surface area contributed by atoms with Crippen LogP contribution in [0.1, 0.15) is 27.2 Å². The molecule has 2 rings (SSSR count). The number of rotatable bonds is 6. The second kappa shape index (κ2) is 8.35. The second-order valence-electron chi connectivity index (χ2n) is 7.77. The molecule has 0 atom stereocenters. The first kappa shape index (κ1) is 20.6. The van der Waals surface area contributed by atoms with Gasteiger partial charge in [-0.15, -0.1) is 0 Å². The molecule has 1 heterocycles. The van der Waals surface area contributed by atoms with E-state index in [-0.39, 0.29) is 29.4 Å². The number of carbonyl (C=O) groups excluding carboxylic acids is 1. The number of carbonyl (C=O) groups is 1. The van der Waals surface area contributed by atoms with Crippen LogP contribution < -0.4 is 10.2 Å². The molecule has 0 aliphatic carbocycles. The lowest BCUT2D eigenvalue weighted by molar-refractivity contribution is -0.122. The average molecular weight is 386 g/mol. The van der Waals surface area contributed by atoms with E-state index in [0.29, 0.717) is 32.6 Å². The van der Waals surface area contributed by atoms with E-state index >= 15 is 0 Å². The van der Waals surface area contributed by atoms with Crippen LogP contribution in [0.3, 0.4) is 0 Å². The molecule has 0 unspecified atom stereocenters. The minimum atomic E-state index is -3.40. The molecule has 6 nitrogen and oxygen atoms in total. The zero-order chi connectivity index (χ0) is 19.4. The Morgan fingerprint density at radius 2 is 1.69 bits per heavy atom. The number of benzene rings is 1. The number of hydrogen-bond donors (Lipinski definition) is 1. The topological polar surface area (TPSA) is 69.7 Å². The van der Waals surface area contributed by atoms with Gasteiger partial charge in [-0.05, 0) is 29.7 Å². The van der Waals surface area contributed by atoms with Gasteiger partial charge in [-0.3, -0.25) is 4.79 Å². The molecule has 8 heteroatoms. The molecule has 1 aromatic carbocycles. The molecular weight excluding hydrogens is 357 g/mol. The summed E-state index contributed by atoms with van der Waals surface area (Å²) in [4.78, 5) is 13.8. The molecule has 0 spiro atoms. The minimum absolute atomic E-state index is 0.0978. The van der Waals surface area contributed by atoms with Crippen molar-refractivity contribution in [3.8, 4) is 0 Å². The first-order valence-electron chi connectivity index (χ1n) is 8.82. The third kappa shape index (κ3) is 6.25. The summed E-state index contributed by atoms with van der Waals surface area (Å²) in [6.45, 7) is 7.89. The molecule has 1 aliphatic heterocycles. The molecule has 0 bridgehead atoms. The highest BCUT2D eigenvalue weighted by Crippen LogP contribution is 2.19. The van der Waals surface area contributed by atoms with Crippen molar-refractivity contribution in [1.29, 1.82) is 0 Å². The fraction of sp³-hybridized carbons (Fsp3) is 0.611. The van der Waals surface area contributed by atoms with E-state index in [1.165, 1.54) is 16.4 Å². The van der Waals surface area contributed by atoms with Gasteiger partial charge in [0.05, 0.1) is 5.75 Å². The summed E-state index contributed by atoms with van der Waals surface area (Å²) in [7, 11) is -3.40. The van der Waals surface area contributed by atoms with Crippen LogP contribution in [0.25, 0.3) is 0 Å². The molecule has 1 saturated heterocycles. The summed E-state index contributed by atoms with van der Waals surface area (Å²) >= 11 is 0. The molecule has 26 heavy (non-hydrogen) atoms. The number of anilines is 1. The van der Waals surface area contributed by atoms with Gasteiger partial charge in [-0.1, -0.05) is 20.8 Å². The summed E-state index contributed by atoms with van der Waals surface area (Å²) in [5.74, 6) is -0.517. The maximum atomic E-state index is 13.0. The number of nitrogens with zero attached hydrogens (tertiary/aromatic N) is 2. The Morgan fingerprint density at radius 1 is 1.12 bits per heavy atom. The summed E-state index contributed by atoms with van der Waals surface area (Å²) in [5, 5.41) is 2.68. The highest BCUT2D eigenvalue weighted by Gasteiger charge is 2.27. The minimum Gasteiger partial charge on any atom is -0.369 e. The molecule has 1 fully saturated rings. The van der Waals surface area contributed by atoms with Crippen LogP contribution in [-0.4, -0.2) is 57.1 Å². The fourth-order valence-electron chi connectivity index (χ4n) is 2.87. The Hall–Kier alpha value is -1.67. The van der Waals surface area contributed by atoms with Crippen molar-refractivity contribution in [2.45, 2.75) is 27.2 Å². The van der Waals surface area contributed by atoms with Gasteiger partial charge in [0, 0.05) is 44.8 Å². The first-order valence-corrected chi connectivity index (χ1v) is 10.4. The summed E-state index contributed by atoms with van der Waals surface area (Å²) in [6.07, 6.45) is 0.364. The van der Waals surface area contributed by atoms with E-state index in [2.05, 4.69) is 5.32 Å². The van der Waals surface area contributed by atoms with Crippen LogP contribution in [0, 0.1) is 11.2 Å². The predicted octanol–water partition coefficient (Wildman–Crippen LogP) is 1.83. The Bertz CT molecular complexity index is 706. The van der Waals surface area contributed by atoms with Crippen LogP contribution in [0.4, 0.5) is 10.1 Å². The van der Waals surface area contributed by atoms with Gasteiger partial charge < -0.3 is 10.2 Å². The molecular formula is C18H28FN3O3S. The molecule has 1 aromatic rings. The third-order valence-electron chi connectivity index (χ3n) is 4.20. The summed E-state index contributed by atoms with van der Waals surface area (Å²) < 4.78 is 39.4. The molecule has 0 aromatic heterocycles. The van der Waals surface area contributed by atoms with Crippen LogP contribution in [0.15, 0.2) is 24.3 Å². The zero-order valence-electron chi connectivity index (χ0n) is 15.7. The van der Waals surface area contributed by atoms with E-state index in [0.717, 1.165) is 5.69 Å². The number of sulfonamides is 1. The van der Waals surface area contributed by atoms with Gasteiger partial charge in [-0.25, -0.2) is 12.8 Å². The smallest absolute Gasteiger partial charge is 0.220 e. The molecule has 1 amide bonds. The molecule has 146 valence electrons.